The number of carbonyl (C=O) groups is 1. The van der Waals surface area contributed by atoms with Crippen molar-refractivity contribution in [2.24, 2.45) is 0 Å². The molecule has 0 aromatic heterocycles. The first kappa shape index (κ1) is 14.0. The van der Waals surface area contributed by atoms with Gasteiger partial charge >= 0.3 is 5.97 Å². The number of aromatic nitrogens is 1. The number of halogens is 1. The topological polar surface area (TPSA) is 59.3 Å². The Bertz CT molecular complexity index is 900. The van der Waals surface area contributed by atoms with E-state index in [2.05, 4.69) is 0 Å². The highest BCUT2D eigenvalue weighted by Gasteiger charge is 2.21. The van der Waals surface area contributed by atoms with Gasteiger partial charge in [0, 0.05) is 28.7 Å². The van der Waals surface area contributed by atoms with E-state index in [4.69, 9.17) is 0 Å². The monoisotopic (exact) mass is 297 g/mol. The van der Waals surface area contributed by atoms with Crippen molar-refractivity contribution in [2.75, 3.05) is 0 Å². The minimum atomic E-state index is -1.15. The van der Waals surface area contributed by atoms with Gasteiger partial charge in [0.05, 0.1) is 5.56 Å². The average molecular weight is 297 g/mol. The number of para-hydroxylation sites is 1. The molecule has 0 atom stereocenters. The molecular weight excluding hydrogens is 285 g/mol. The fourth-order valence-electron chi connectivity index (χ4n) is 2.57. The number of rotatable bonds is 2. The summed E-state index contributed by atoms with van der Waals surface area (Å²) in [5, 5.41) is 9.49. The molecule has 0 amide bonds. The van der Waals surface area contributed by atoms with Gasteiger partial charge < -0.3 is 9.67 Å². The van der Waals surface area contributed by atoms with Crippen LogP contribution in [0.4, 0.5) is 4.39 Å². The molecule has 110 valence electrons. The lowest BCUT2D eigenvalue weighted by Gasteiger charge is -2.19. The lowest BCUT2D eigenvalue weighted by Crippen LogP contribution is -2.15. The molecule has 0 spiro atoms. The van der Waals surface area contributed by atoms with Gasteiger partial charge in [0.15, 0.2) is 5.82 Å². The quantitative estimate of drug-likeness (QED) is 0.790. The summed E-state index contributed by atoms with van der Waals surface area (Å²) in [7, 11) is 0. The summed E-state index contributed by atoms with van der Waals surface area (Å²) in [4.78, 5) is 23.1. The van der Waals surface area contributed by atoms with Crippen molar-refractivity contribution in [1.82, 2.24) is 4.57 Å². The predicted octanol–water partition coefficient (Wildman–Crippen LogP) is 3.09. The summed E-state index contributed by atoms with van der Waals surface area (Å²) < 4.78 is 15.2. The van der Waals surface area contributed by atoms with Crippen molar-refractivity contribution in [3.63, 3.8) is 0 Å². The van der Waals surface area contributed by atoms with E-state index in [1.165, 1.54) is 0 Å². The predicted molar refractivity (Wildman–Crippen MR) is 80.3 cm³/mol. The Hall–Kier alpha value is -2.95. The number of carboxylic acid groups (broad SMARTS) is 1. The smallest absolute Gasteiger partial charge is 0.338 e. The standard InChI is InChI=1S/C17H12FNO3/c1-10-16(17(21)22)13-8-15(20)14(18)7-11(13)9-19(10)12-5-3-2-4-6-12/h2-9H,1H3,(H,21,22). The molecule has 1 aliphatic carbocycles. The highest BCUT2D eigenvalue weighted by molar-refractivity contribution is 5.97. The molecule has 2 aliphatic rings. The van der Waals surface area contributed by atoms with Gasteiger partial charge in [0.1, 0.15) is 0 Å². The molecule has 1 aliphatic heterocycles. The first-order valence-electron chi connectivity index (χ1n) is 6.63. The number of pyridine rings is 1. The lowest BCUT2D eigenvalue weighted by molar-refractivity contribution is 0.0696. The van der Waals surface area contributed by atoms with Gasteiger partial charge in [-0.1, -0.05) is 18.2 Å². The van der Waals surface area contributed by atoms with E-state index in [1.807, 2.05) is 30.3 Å². The molecule has 22 heavy (non-hydrogen) atoms. The minimum Gasteiger partial charge on any atom is -0.478 e. The third-order valence-electron chi connectivity index (χ3n) is 3.61. The Morgan fingerprint density at radius 3 is 2.50 bits per heavy atom. The zero-order valence-electron chi connectivity index (χ0n) is 11.7. The van der Waals surface area contributed by atoms with E-state index < -0.39 is 17.2 Å². The van der Waals surface area contributed by atoms with Crippen molar-refractivity contribution >= 4 is 5.97 Å². The van der Waals surface area contributed by atoms with E-state index in [-0.39, 0.29) is 11.1 Å². The number of hydrogen-bond donors (Lipinski definition) is 1. The van der Waals surface area contributed by atoms with Crippen molar-refractivity contribution in [1.29, 1.82) is 0 Å². The van der Waals surface area contributed by atoms with Crippen LogP contribution in [-0.4, -0.2) is 15.6 Å². The maximum absolute atomic E-state index is 13.5. The van der Waals surface area contributed by atoms with E-state index in [1.54, 1.807) is 17.7 Å². The van der Waals surface area contributed by atoms with Crippen molar-refractivity contribution < 1.29 is 14.3 Å². The van der Waals surface area contributed by atoms with Crippen molar-refractivity contribution in [2.45, 2.75) is 6.92 Å². The molecule has 0 fully saturated rings. The maximum Gasteiger partial charge on any atom is 0.338 e. The van der Waals surface area contributed by atoms with Crippen LogP contribution in [0, 0.1) is 12.7 Å². The van der Waals surface area contributed by atoms with Gasteiger partial charge in [-0.2, -0.15) is 0 Å². The van der Waals surface area contributed by atoms with Crippen LogP contribution >= 0.6 is 0 Å². The van der Waals surface area contributed by atoms with Gasteiger partial charge in [-0.15, -0.1) is 0 Å². The molecule has 0 saturated carbocycles. The van der Waals surface area contributed by atoms with Crippen LogP contribution in [0.1, 0.15) is 16.1 Å². The molecule has 1 aromatic rings. The van der Waals surface area contributed by atoms with Crippen LogP contribution in [0.15, 0.2) is 53.5 Å². The molecular formula is C17H12FNO3. The van der Waals surface area contributed by atoms with Crippen LogP contribution in [0.2, 0.25) is 0 Å². The molecule has 1 heterocycles. The molecule has 1 aromatic carbocycles. The van der Waals surface area contributed by atoms with E-state index in [0.717, 1.165) is 17.8 Å². The zero-order chi connectivity index (χ0) is 15.9. The van der Waals surface area contributed by atoms with Gasteiger partial charge in [-0.25, -0.2) is 9.18 Å². The van der Waals surface area contributed by atoms with Gasteiger partial charge in [0.25, 0.3) is 0 Å². The summed E-state index contributed by atoms with van der Waals surface area (Å²) >= 11 is 0. The number of carboxylic acids is 1. The summed E-state index contributed by atoms with van der Waals surface area (Å²) in [5.74, 6) is -2.05. The molecule has 0 bridgehead atoms. The summed E-state index contributed by atoms with van der Waals surface area (Å²) in [6, 6.07) is 11.3. The number of fused-ring (bicyclic) bond motifs is 1. The fourth-order valence-corrected chi connectivity index (χ4v) is 2.57. The zero-order valence-corrected chi connectivity index (χ0v) is 11.7. The van der Waals surface area contributed by atoms with Crippen LogP contribution < -0.4 is 5.43 Å². The second-order valence-corrected chi connectivity index (χ2v) is 4.97. The summed E-state index contributed by atoms with van der Waals surface area (Å²) in [6.45, 7) is 1.66. The third-order valence-corrected chi connectivity index (χ3v) is 3.61. The van der Waals surface area contributed by atoms with Crippen molar-refractivity contribution in [3.8, 4) is 16.8 Å². The van der Waals surface area contributed by atoms with Gasteiger partial charge in [0.2, 0.25) is 5.43 Å². The van der Waals surface area contributed by atoms with Gasteiger partial charge in [-0.3, -0.25) is 4.79 Å². The second kappa shape index (κ2) is 5.11. The fraction of sp³-hybridized carbons (Fsp3) is 0.0588. The number of aromatic carboxylic acids is 1. The maximum atomic E-state index is 13.5. The Balaban J connectivity index is 2.44. The molecule has 0 radical (unpaired) electrons. The van der Waals surface area contributed by atoms with E-state index >= 15 is 0 Å². The largest absolute Gasteiger partial charge is 0.478 e. The molecule has 1 N–H and O–H groups in total. The van der Waals surface area contributed by atoms with Gasteiger partial charge in [-0.05, 0) is 31.2 Å². The lowest BCUT2D eigenvalue weighted by atomic mass is 9.97. The molecule has 5 heteroatoms. The summed E-state index contributed by atoms with van der Waals surface area (Å²) in [6.07, 6.45) is 1.63. The Morgan fingerprint density at radius 2 is 1.86 bits per heavy atom. The van der Waals surface area contributed by atoms with E-state index in [0.29, 0.717) is 11.3 Å². The second-order valence-electron chi connectivity index (χ2n) is 4.97. The number of nitrogens with zero attached hydrogens (tertiary/aromatic N) is 1. The average Bonchev–Trinajstić information content (AvgIpc) is 2.49. The highest BCUT2D eigenvalue weighted by Crippen LogP contribution is 2.29. The SMILES string of the molecule is Cc1c(C(=O)O)c2cc(=O)c(F)cc-2cn1-c1ccccc1. The Morgan fingerprint density at radius 1 is 1.18 bits per heavy atom. The number of benzene rings is 2. The van der Waals surface area contributed by atoms with E-state index in [9.17, 15) is 19.1 Å². The first-order valence-corrected chi connectivity index (χ1v) is 6.63. The normalized spacial score (nSPS) is 10.8. The number of hydrogen-bond acceptors (Lipinski definition) is 2. The summed E-state index contributed by atoms with van der Waals surface area (Å²) in [5.41, 5.74) is 1.02. The van der Waals surface area contributed by atoms with Crippen LogP contribution in [0.5, 0.6) is 0 Å². The Kier molecular flexibility index (Phi) is 3.25. The molecule has 0 unspecified atom stereocenters. The molecule has 3 rings (SSSR count). The molecule has 0 saturated heterocycles. The third kappa shape index (κ3) is 2.16. The minimum absolute atomic E-state index is 0.00143. The highest BCUT2D eigenvalue weighted by atomic mass is 19.1. The van der Waals surface area contributed by atoms with Crippen LogP contribution in [0.25, 0.3) is 16.8 Å². The van der Waals surface area contributed by atoms with Crippen LogP contribution in [-0.2, 0) is 0 Å². The van der Waals surface area contributed by atoms with Crippen LogP contribution in [0.3, 0.4) is 0 Å². The molecule has 4 nitrogen and oxygen atoms in total. The Labute approximate surface area is 125 Å². The van der Waals surface area contributed by atoms with Crippen molar-refractivity contribution in [3.05, 3.63) is 76.0 Å². The first-order chi connectivity index (χ1) is 10.5.